The molecule has 0 saturated carbocycles. The summed E-state index contributed by atoms with van der Waals surface area (Å²) in [4.78, 5) is 27.4. The second-order valence-corrected chi connectivity index (χ2v) is 8.70. The summed E-state index contributed by atoms with van der Waals surface area (Å²) in [7, 11) is 4.58. The van der Waals surface area contributed by atoms with Crippen LogP contribution in [0.25, 0.3) is 6.08 Å². The molecule has 1 saturated heterocycles. The molecule has 0 radical (unpaired) electrons. The minimum absolute atomic E-state index is 0.0877. The van der Waals surface area contributed by atoms with Crippen LogP contribution < -0.4 is 24.3 Å². The molecule has 0 spiro atoms. The highest BCUT2D eigenvalue weighted by Gasteiger charge is 2.32. The number of ether oxygens (including phenoxy) is 4. The van der Waals surface area contributed by atoms with Gasteiger partial charge in [0.15, 0.2) is 11.5 Å². The summed E-state index contributed by atoms with van der Waals surface area (Å²) in [5.74, 6) is 1.52. The van der Waals surface area contributed by atoms with Crippen LogP contribution in [-0.4, -0.2) is 55.5 Å². The molecular formula is C24H26N2O6S2. The van der Waals surface area contributed by atoms with Crippen LogP contribution in [0, 0.1) is 0 Å². The zero-order valence-corrected chi connectivity index (χ0v) is 21.0. The van der Waals surface area contributed by atoms with E-state index in [9.17, 15) is 9.59 Å². The summed E-state index contributed by atoms with van der Waals surface area (Å²) in [6.07, 6.45) is 1.80. The van der Waals surface area contributed by atoms with Crippen LogP contribution >= 0.6 is 24.0 Å². The third-order valence-electron chi connectivity index (χ3n) is 4.88. The van der Waals surface area contributed by atoms with Gasteiger partial charge in [0.2, 0.25) is 11.7 Å². The summed E-state index contributed by atoms with van der Waals surface area (Å²) in [6.45, 7) is 2.53. The summed E-state index contributed by atoms with van der Waals surface area (Å²) < 4.78 is 22.0. The van der Waals surface area contributed by atoms with E-state index in [1.54, 1.807) is 30.3 Å². The van der Waals surface area contributed by atoms with Crippen LogP contribution in [0.15, 0.2) is 41.3 Å². The Balaban J connectivity index is 1.69. The van der Waals surface area contributed by atoms with Crippen molar-refractivity contribution in [2.45, 2.75) is 13.3 Å². The molecule has 34 heavy (non-hydrogen) atoms. The third kappa shape index (κ3) is 5.81. The molecule has 2 aromatic carbocycles. The van der Waals surface area contributed by atoms with Crippen molar-refractivity contribution in [3.05, 3.63) is 46.9 Å². The largest absolute Gasteiger partial charge is 0.493 e. The molecule has 0 aromatic heterocycles. The minimum atomic E-state index is -0.258. The highest BCUT2D eigenvalue weighted by atomic mass is 32.2. The van der Waals surface area contributed by atoms with Crippen molar-refractivity contribution < 1.29 is 28.5 Å². The van der Waals surface area contributed by atoms with Gasteiger partial charge >= 0.3 is 0 Å². The highest BCUT2D eigenvalue weighted by Crippen LogP contribution is 2.40. The molecule has 1 N–H and O–H groups in total. The Morgan fingerprint density at radius 2 is 1.76 bits per heavy atom. The Labute approximate surface area is 208 Å². The van der Waals surface area contributed by atoms with Crippen LogP contribution in [0.1, 0.15) is 18.9 Å². The SMILES string of the molecule is CCOc1ccccc1NC(=O)CCN1C(=O)/C(=C\c2cc(OC)c(OC)c(OC)c2)SC1=S. The highest BCUT2D eigenvalue weighted by molar-refractivity contribution is 8.26. The predicted molar refractivity (Wildman–Crippen MR) is 137 cm³/mol. The van der Waals surface area contributed by atoms with Crippen molar-refractivity contribution in [1.82, 2.24) is 4.90 Å². The van der Waals surface area contributed by atoms with Gasteiger partial charge in [-0.2, -0.15) is 0 Å². The van der Waals surface area contributed by atoms with Crippen molar-refractivity contribution >= 4 is 51.9 Å². The number of hydrogen-bond acceptors (Lipinski definition) is 8. The van der Waals surface area contributed by atoms with Gasteiger partial charge in [-0.1, -0.05) is 36.1 Å². The van der Waals surface area contributed by atoms with Gasteiger partial charge in [-0.3, -0.25) is 14.5 Å². The Morgan fingerprint density at radius 3 is 2.38 bits per heavy atom. The van der Waals surface area contributed by atoms with Crippen molar-refractivity contribution in [3.8, 4) is 23.0 Å². The number of para-hydroxylation sites is 2. The van der Waals surface area contributed by atoms with E-state index in [1.807, 2.05) is 19.1 Å². The molecule has 1 heterocycles. The van der Waals surface area contributed by atoms with Gasteiger partial charge in [-0.15, -0.1) is 0 Å². The van der Waals surface area contributed by atoms with E-state index in [4.69, 9.17) is 31.2 Å². The van der Waals surface area contributed by atoms with Crippen LogP contribution in [0.5, 0.6) is 23.0 Å². The lowest BCUT2D eigenvalue weighted by molar-refractivity contribution is -0.122. The van der Waals surface area contributed by atoms with E-state index < -0.39 is 0 Å². The van der Waals surface area contributed by atoms with Gasteiger partial charge in [0, 0.05) is 13.0 Å². The molecule has 1 aliphatic rings. The van der Waals surface area contributed by atoms with Crippen LogP contribution in [0.3, 0.4) is 0 Å². The first kappa shape index (κ1) is 25.4. The number of benzene rings is 2. The number of amides is 2. The van der Waals surface area contributed by atoms with Crippen molar-refractivity contribution in [2.75, 3.05) is 39.8 Å². The standard InChI is InChI=1S/C24H26N2O6S2/c1-5-32-17-9-7-6-8-16(17)25-21(27)10-11-26-23(28)20(34-24(26)33)14-15-12-18(29-2)22(31-4)19(13-15)30-3/h6-9,12-14H,5,10-11H2,1-4H3,(H,25,27)/b20-14+. The van der Waals surface area contributed by atoms with Gasteiger partial charge < -0.3 is 24.3 Å². The first-order chi connectivity index (χ1) is 16.4. The molecule has 0 aliphatic carbocycles. The van der Waals surface area contributed by atoms with Gasteiger partial charge in [0.1, 0.15) is 10.1 Å². The maximum absolute atomic E-state index is 13.0. The van der Waals surface area contributed by atoms with Gasteiger partial charge in [0.05, 0.1) is 38.5 Å². The number of rotatable bonds is 10. The van der Waals surface area contributed by atoms with Crippen LogP contribution in [0.2, 0.25) is 0 Å². The van der Waals surface area contributed by atoms with E-state index in [2.05, 4.69) is 5.32 Å². The van der Waals surface area contributed by atoms with Gasteiger partial charge in [-0.25, -0.2) is 0 Å². The zero-order chi connectivity index (χ0) is 24.7. The molecule has 1 aliphatic heterocycles. The molecule has 0 bridgehead atoms. The fourth-order valence-corrected chi connectivity index (χ4v) is 4.61. The molecule has 3 rings (SSSR count). The van der Waals surface area contributed by atoms with E-state index in [-0.39, 0.29) is 24.8 Å². The minimum Gasteiger partial charge on any atom is -0.493 e. The Morgan fingerprint density at radius 1 is 1.09 bits per heavy atom. The maximum atomic E-state index is 13.0. The lowest BCUT2D eigenvalue weighted by atomic mass is 10.1. The van der Waals surface area contributed by atoms with Gasteiger partial charge in [0.25, 0.3) is 5.91 Å². The first-order valence-corrected chi connectivity index (χ1v) is 11.7. The lowest BCUT2D eigenvalue weighted by Crippen LogP contribution is -2.31. The fourth-order valence-electron chi connectivity index (χ4n) is 3.31. The molecule has 8 nitrogen and oxygen atoms in total. The van der Waals surface area contributed by atoms with Crippen molar-refractivity contribution in [3.63, 3.8) is 0 Å². The predicted octanol–water partition coefficient (Wildman–Crippen LogP) is 4.34. The molecule has 2 amide bonds. The van der Waals surface area contributed by atoms with E-state index in [0.29, 0.717) is 50.1 Å². The van der Waals surface area contributed by atoms with E-state index in [1.165, 1.54) is 38.0 Å². The summed E-state index contributed by atoms with van der Waals surface area (Å²) in [5, 5.41) is 2.83. The quantitative estimate of drug-likeness (QED) is 0.379. The molecule has 180 valence electrons. The second kappa shape index (κ2) is 11.8. The first-order valence-electron chi connectivity index (χ1n) is 10.5. The van der Waals surface area contributed by atoms with Crippen LogP contribution in [-0.2, 0) is 9.59 Å². The molecular weight excluding hydrogens is 476 g/mol. The Hall–Kier alpha value is -3.24. The average molecular weight is 503 g/mol. The number of methoxy groups -OCH3 is 3. The summed E-state index contributed by atoms with van der Waals surface area (Å²) in [6, 6.07) is 10.7. The number of carbonyl (C=O) groups is 2. The van der Waals surface area contributed by atoms with Crippen LogP contribution in [0.4, 0.5) is 5.69 Å². The number of carbonyl (C=O) groups excluding carboxylic acids is 2. The Bertz CT molecular complexity index is 1090. The van der Waals surface area contributed by atoms with E-state index >= 15 is 0 Å². The maximum Gasteiger partial charge on any atom is 0.266 e. The number of anilines is 1. The molecule has 2 aromatic rings. The number of nitrogens with one attached hydrogen (secondary N) is 1. The smallest absolute Gasteiger partial charge is 0.266 e. The monoisotopic (exact) mass is 502 g/mol. The molecule has 1 fully saturated rings. The zero-order valence-electron chi connectivity index (χ0n) is 19.4. The topological polar surface area (TPSA) is 86.3 Å². The number of nitrogens with zero attached hydrogens (tertiary/aromatic N) is 1. The molecule has 0 atom stereocenters. The summed E-state index contributed by atoms with van der Waals surface area (Å²) in [5.41, 5.74) is 1.28. The molecule has 0 unspecified atom stereocenters. The Kier molecular flexibility index (Phi) is 8.78. The third-order valence-corrected chi connectivity index (χ3v) is 6.26. The lowest BCUT2D eigenvalue weighted by Gasteiger charge is -2.15. The van der Waals surface area contributed by atoms with Gasteiger partial charge in [-0.05, 0) is 42.8 Å². The van der Waals surface area contributed by atoms with Crippen molar-refractivity contribution in [1.29, 1.82) is 0 Å². The van der Waals surface area contributed by atoms with E-state index in [0.717, 1.165) is 0 Å². The number of thioether (sulfide) groups is 1. The fraction of sp³-hybridized carbons (Fsp3) is 0.292. The summed E-state index contributed by atoms with van der Waals surface area (Å²) >= 11 is 6.57. The number of hydrogen-bond donors (Lipinski definition) is 1. The normalized spacial score (nSPS) is 14.4. The van der Waals surface area contributed by atoms with Crippen molar-refractivity contribution in [2.24, 2.45) is 0 Å². The number of thiocarbonyl (C=S) groups is 1. The molecule has 10 heteroatoms. The average Bonchev–Trinajstić information content (AvgIpc) is 3.10. The second-order valence-electron chi connectivity index (χ2n) is 7.02.